The van der Waals surface area contributed by atoms with Crippen LogP contribution >= 0.6 is 11.6 Å². The Bertz CT molecular complexity index is 1360. The van der Waals surface area contributed by atoms with Gasteiger partial charge in [-0.2, -0.15) is 0 Å². The molecular formula is C25H23ClFN5O. The molecule has 0 spiro atoms. The average molecular weight is 464 g/mol. The Hall–Kier alpha value is -3.03. The van der Waals surface area contributed by atoms with E-state index in [-0.39, 0.29) is 12.0 Å². The lowest BCUT2D eigenvalue weighted by molar-refractivity contribution is 0.00393. The molecule has 0 saturated carbocycles. The standard InChI is InChI=1S/C25H23ClFN5O/c1-13-10-16(6-8-28-13)21-11-17(7-9-33-21)24-31-22(19-5-4-18(26)12-20(19)27)23-25(32-24)30-15(3)14(2)29-23/h4-6,8,10,12,17,21H,7,9,11H2,1-3H3/t17-,21-/m0/s1. The van der Waals surface area contributed by atoms with E-state index in [1.165, 1.54) is 6.07 Å². The number of ether oxygens (including phenoxy) is 1. The molecule has 0 N–H and O–H groups in total. The van der Waals surface area contributed by atoms with E-state index in [9.17, 15) is 4.39 Å². The molecule has 1 aliphatic rings. The van der Waals surface area contributed by atoms with E-state index in [0.29, 0.717) is 39.9 Å². The van der Waals surface area contributed by atoms with Crippen molar-refractivity contribution in [3.8, 4) is 11.3 Å². The van der Waals surface area contributed by atoms with E-state index in [1.54, 1.807) is 18.3 Å². The zero-order valence-electron chi connectivity index (χ0n) is 18.6. The predicted molar refractivity (Wildman–Crippen MR) is 125 cm³/mol. The number of rotatable bonds is 3. The molecule has 168 valence electrons. The zero-order valence-corrected chi connectivity index (χ0v) is 19.4. The molecule has 1 fully saturated rings. The van der Waals surface area contributed by atoms with Crippen LogP contribution in [-0.4, -0.2) is 31.5 Å². The highest BCUT2D eigenvalue weighted by molar-refractivity contribution is 6.30. The van der Waals surface area contributed by atoms with E-state index in [0.717, 1.165) is 35.5 Å². The van der Waals surface area contributed by atoms with Crippen LogP contribution in [0, 0.1) is 26.6 Å². The van der Waals surface area contributed by atoms with E-state index in [2.05, 4.69) is 15.0 Å². The molecule has 0 aliphatic carbocycles. The van der Waals surface area contributed by atoms with Crippen molar-refractivity contribution >= 4 is 22.8 Å². The van der Waals surface area contributed by atoms with E-state index in [4.69, 9.17) is 26.3 Å². The average Bonchev–Trinajstić information content (AvgIpc) is 2.80. The minimum atomic E-state index is -0.453. The summed E-state index contributed by atoms with van der Waals surface area (Å²) < 4.78 is 21.0. The van der Waals surface area contributed by atoms with Gasteiger partial charge >= 0.3 is 0 Å². The molecule has 0 amide bonds. The van der Waals surface area contributed by atoms with Crippen LogP contribution in [0.4, 0.5) is 4.39 Å². The van der Waals surface area contributed by atoms with Gasteiger partial charge in [-0.15, -0.1) is 0 Å². The van der Waals surface area contributed by atoms with Crippen molar-refractivity contribution in [2.24, 2.45) is 0 Å². The van der Waals surface area contributed by atoms with Crippen molar-refractivity contribution in [3.05, 3.63) is 75.8 Å². The van der Waals surface area contributed by atoms with Crippen LogP contribution in [0.1, 0.15) is 53.3 Å². The smallest absolute Gasteiger partial charge is 0.182 e. The lowest BCUT2D eigenvalue weighted by Crippen LogP contribution is -2.21. The van der Waals surface area contributed by atoms with Gasteiger partial charge in [-0.1, -0.05) is 11.6 Å². The highest BCUT2D eigenvalue weighted by Gasteiger charge is 2.29. The van der Waals surface area contributed by atoms with Gasteiger partial charge in [0.05, 0.1) is 17.5 Å². The molecule has 33 heavy (non-hydrogen) atoms. The van der Waals surface area contributed by atoms with Crippen molar-refractivity contribution in [1.82, 2.24) is 24.9 Å². The third-order valence-electron chi connectivity index (χ3n) is 6.09. The summed E-state index contributed by atoms with van der Waals surface area (Å²) in [6.45, 7) is 6.31. The number of pyridine rings is 1. The topological polar surface area (TPSA) is 73.7 Å². The second-order valence-corrected chi connectivity index (χ2v) is 8.87. The first kappa shape index (κ1) is 21.8. The maximum Gasteiger partial charge on any atom is 0.182 e. The molecule has 2 atom stereocenters. The molecule has 6 nitrogen and oxygen atoms in total. The summed E-state index contributed by atoms with van der Waals surface area (Å²) in [4.78, 5) is 23.2. The Labute approximate surface area is 196 Å². The Morgan fingerprint density at radius 2 is 1.82 bits per heavy atom. The number of aryl methyl sites for hydroxylation is 3. The van der Waals surface area contributed by atoms with E-state index in [1.807, 2.05) is 32.9 Å². The van der Waals surface area contributed by atoms with Gasteiger partial charge in [0, 0.05) is 35.0 Å². The molecule has 1 aliphatic heterocycles. The fraction of sp³-hybridized carbons (Fsp3) is 0.320. The van der Waals surface area contributed by atoms with E-state index >= 15 is 0 Å². The van der Waals surface area contributed by atoms with Crippen LogP contribution in [0.5, 0.6) is 0 Å². The van der Waals surface area contributed by atoms with Gasteiger partial charge in [0.25, 0.3) is 0 Å². The molecular weight excluding hydrogens is 441 g/mol. The van der Waals surface area contributed by atoms with Gasteiger partial charge in [-0.25, -0.2) is 24.3 Å². The first-order valence-corrected chi connectivity index (χ1v) is 11.3. The molecule has 0 bridgehead atoms. The quantitative estimate of drug-likeness (QED) is 0.380. The minimum absolute atomic E-state index is 0.0409. The van der Waals surface area contributed by atoms with Gasteiger partial charge < -0.3 is 4.74 Å². The first-order valence-electron chi connectivity index (χ1n) is 10.9. The molecule has 0 radical (unpaired) electrons. The zero-order chi connectivity index (χ0) is 23.1. The third kappa shape index (κ3) is 4.30. The van der Waals surface area contributed by atoms with Crippen molar-refractivity contribution in [3.63, 3.8) is 0 Å². The van der Waals surface area contributed by atoms with Crippen molar-refractivity contribution in [2.75, 3.05) is 6.61 Å². The summed E-state index contributed by atoms with van der Waals surface area (Å²) in [5.41, 5.74) is 5.29. The monoisotopic (exact) mass is 463 g/mol. The van der Waals surface area contributed by atoms with Crippen LogP contribution < -0.4 is 0 Å². The highest BCUT2D eigenvalue weighted by Crippen LogP contribution is 2.38. The van der Waals surface area contributed by atoms with Crippen molar-refractivity contribution in [1.29, 1.82) is 0 Å². The summed E-state index contributed by atoms with van der Waals surface area (Å²) in [6, 6.07) is 8.59. The Morgan fingerprint density at radius 1 is 1.00 bits per heavy atom. The van der Waals surface area contributed by atoms with Gasteiger partial charge in [-0.3, -0.25) is 4.98 Å². The number of fused-ring (bicyclic) bond motifs is 1. The van der Waals surface area contributed by atoms with E-state index < -0.39 is 5.82 Å². The lowest BCUT2D eigenvalue weighted by Gasteiger charge is -2.29. The number of nitrogens with zero attached hydrogens (tertiary/aromatic N) is 5. The van der Waals surface area contributed by atoms with Crippen molar-refractivity contribution in [2.45, 2.75) is 45.6 Å². The maximum absolute atomic E-state index is 14.9. The SMILES string of the molecule is Cc1cc([C@@H]2C[C@@H](c3nc(-c4ccc(Cl)cc4F)c4nc(C)c(C)nc4n3)CCO2)ccn1. The molecule has 0 unspecified atom stereocenters. The summed E-state index contributed by atoms with van der Waals surface area (Å²) in [5, 5.41) is 0.327. The highest BCUT2D eigenvalue weighted by atomic mass is 35.5. The Kier molecular flexibility index (Phi) is 5.76. The fourth-order valence-electron chi connectivity index (χ4n) is 4.21. The lowest BCUT2D eigenvalue weighted by atomic mass is 9.91. The minimum Gasteiger partial charge on any atom is -0.373 e. The molecule has 4 heterocycles. The van der Waals surface area contributed by atoms with Crippen LogP contribution in [0.3, 0.4) is 0 Å². The van der Waals surface area contributed by atoms with Gasteiger partial charge in [0.2, 0.25) is 0 Å². The number of hydrogen-bond acceptors (Lipinski definition) is 6. The van der Waals surface area contributed by atoms with Gasteiger partial charge in [-0.05, 0) is 69.5 Å². The Balaban J connectivity index is 1.62. The van der Waals surface area contributed by atoms with Crippen molar-refractivity contribution < 1.29 is 9.13 Å². The fourth-order valence-corrected chi connectivity index (χ4v) is 4.37. The van der Waals surface area contributed by atoms with Crippen LogP contribution in [0.25, 0.3) is 22.4 Å². The number of benzene rings is 1. The molecule has 8 heteroatoms. The third-order valence-corrected chi connectivity index (χ3v) is 6.32. The number of aromatic nitrogens is 5. The number of hydrogen-bond donors (Lipinski definition) is 0. The largest absolute Gasteiger partial charge is 0.373 e. The maximum atomic E-state index is 14.9. The molecule has 3 aromatic heterocycles. The molecule has 5 rings (SSSR count). The van der Waals surface area contributed by atoms with Crippen LogP contribution in [0.15, 0.2) is 36.5 Å². The molecule has 1 aromatic carbocycles. The molecule has 1 saturated heterocycles. The van der Waals surface area contributed by atoms with Gasteiger partial charge in [0.1, 0.15) is 22.9 Å². The van der Waals surface area contributed by atoms with Crippen LogP contribution in [-0.2, 0) is 4.74 Å². The first-order chi connectivity index (χ1) is 15.9. The summed E-state index contributed by atoms with van der Waals surface area (Å²) in [6.07, 6.45) is 3.21. The number of halogens is 2. The second-order valence-electron chi connectivity index (χ2n) is 8.43. The summed E-state index contributed by atoms with van der Waals surface area (Å²) in [7, 11) is 0. The second kappa shape index (κ2) is 8.72. The summed E-state index contributed by atoms with van der Waals surface area (Å²) in [5.74, 6) is 0.216. The van der Waals surface area contributed by atoms with Gasteiger partial charge in [0.15, 0.2) is 5.65 Å². The Morgan fingerprint density at radius 3 is 2.61 bits per heavy atom. The normalized spacial score (nSPS) is 18.6. The van der Waals surface area contributed by atoms with Crippen LogP contribution in [0.2, 0.25) is 5.02 Å². The summed E-state index contributed by atoms with van der Waals surface area (Å²) >= 11 is 5.99. The predicted octanol–water partition coefficient (Wildman–Crippen LogP) is 5.83. The molecule has 4 aromatic rings.